The molecule has 5 heterocycles. The highest BCUT2D eigenvalue weighted by Crippen LogP contribution is 2.32. The van der Waals surface area contributed by atoms with E-state index in [0.717, 1.165) is 44.7 Å². The molecule has 0 spiro atoms. The van der Waals surface area contributed by atoms with Gasteiger partial charge >= 0.3 is 0 Å². The predicted octanol–water partition coefficient (Wildman–Crippen LogP) is 3.96. The second-order valence-corrected chi connectivity index (χ2v) is 7.03. The molecule has 0 aliphatic carbocycles. The summed E-state index contributed by atoms with van der Waals surface area (Å²) >= 11 is 0. The lowest BCUT2D eigenvalue weighted by atomic mass is 10.1. The van der Waals surface area contributed by atoms with Gasteiger partial charge in [-0.1, -0.05) is 12.1 Å². The summed E-state index contributed by atoms with van der Waals surface area (Å²) < 4.78 is 5.37. The molecule has 0 aliphatic heterocycles. The molecule has 0 aliphatic rings. The SMILES string of the molecule is COc1cccc(-c2ccnc3nc(-c4n[nH]c5ccc(-c6cn[nH]c6)nc45)[nH]c23)c1. The maximum Gasteiger partial charge on any atom is 0.178 e. The third-order valence-electron chi connectivity index (χ3n) is 5.20. The molecule has 0 saturated heterocycles. The Morgan fingerprint density at radius 2 is 1.97 bits per heavy atom. The highest BCUT2D eigenvalue weighted by atomic mass is 16.5. The van der Waals surface area contributed by atoms with E-state index in [-0.39, 0.29) is 0 Å². The van der Waals surface area contributed by atoms with Crippen molar-refractivity contribution in [2.24, 2.45) is 0 Å². The Balaban J connectivity index is 1.51. The Morgan fingerprint density at radius 1 is 1.00 bits per heavy atom. The molecular formula is C22H16N8O. The predicted molar refractivity (Wildman–Crippen MR) is 116 cm³/mol. The highest BCUT2D eigenvalue weighted by Gasteiger charge is 2.17. The lowest BCUT2D eigenvalue weighted by molar-refractivity contribution is 0.415. The van der Waals surface area contributed by atoms with Crippen LogP contribution in [0, 0.1) is 0 Å². The van der Waals surface area contributed by atoms with Gasteiger partial charge in [0, 0.05) is 23.5 Å². The number of hydrogen-bond acceptors (Lipinski definition) is 6. The molecular weight excluding hydrogens is 392 g/mol. The fourth-order valence-electron chi connectivity index (χ4n) is 3.67. The van der Waals surface area contributed by atoms with Crippen LogP contribution >= 0.6 is 0 Å². The van der Waals surface area contributed by atoms with Crippen molar-refractivity contribution in [3.05, 3.63) is 61.1 Å². The number of fused-ring (bicyclic) bond motifs is 2. The van der Waals surface area contributed by atoms with Crippen LogP contribution in [-0.2, 0) is 0 Å². The molecule has 5 aromatic heterocycles. The van der Waals surface area contributed by atoms with Gasteiger partial charge in [0.25, 0.3) is 0 Å². The Bertz CT molecular complexity index is 1530. The summed E-state index contributed by atoms with van der Waals surface area (Å²) in [7, 11) is 1.66. The van der Waals surface area contributed by atoms with E-state index in [0.29, 0.717) is 17.2 Å². The number of nitrogens with one attached hydrogen (secondary N) is 3. The fraction of sp³-hybridized carbons (Fsp3) is 0.0455. The largest absolute Gasteiger partial charge is 0.497 e. The highest BCUT2D eigenvalue weighted by molar-refractivity contribution is 5.95. The summed E-state index contributed by atoms with van der Waals surface area (Å²) in [5.74, 6) is 1.39. The van der Waals surface area contributed by atoms with Gasteiger partial charge in [0.05, 0.1) is 30.0 Å². The number of H-pyrrole nitrogens is 3. The molecule has 9 heteroatoms. The van der Waals surface area contributed by atoms with Gasteiger partial charge in [-0.2, -0.15) is 10.2 Å². The van der Waals surface area contributed by atoms with Gasteiger partial charge in [-0.3, -0.25) is 10.2 Å². The van der Waals surface area contributed by atoms with Gasteiger partial charge in [0.1, 0.15) is 11.3 Å². The molecule has 0 unspecified atom stereocenters. The second-order valence-electron chi connectivity index (χ2n) is 7.03. The molecule has 0 radical (unpaired) electrons. The zero-order valence-electron chi connectivity index (χ0n) is 16.4. The molecule has 0 saturated carbocycles. The number of hydrogen-bond donors (Lipinski definition) is 3. The van der Waals surface area contributed by atoms with E-state index in [2.05, 4.69) is 35.3 Å². The van der Waals surface area contributed by atoms with Crippen LogP contribution in [0.3, 0.4) is 0 Å². The first-order valence-corrected chi connectivity index (χ1v) is 9.64. The maximum atomic E-state index is 5.37. The summed E-state index contributed by atoms with van der Waals surface area (Å²) in [5, 5.41) is 14.3. The minimum Gasteiger partial charge on any atom is -0.497 e. The number of nitrogens with zero attached hydrogens (tertiary/aromatic N) is 5. The Kier molecular flexibility index (Phi) is 3.79. The van der Waals surface area contributed by atoms with Crippen molar-refractivity contribution >= 4 is 22.2 Å². The second kappa shape index (κ2) is 6.77. The van der Waals surface area contributed by atoms with Crippen LogP contribution in [0.25, 0.3) is 56.1 Å². The number of methoxy groups -OCH3 is 1. The average Bonchev–Trinajstić information content (AvgIpc) is 3.57. The van der Waals surface area contributed by atoms with Gasteiger partial charge in [-0.25, -0.2) is 15.0 Å². The van der Waals surface area contributed by atoms with Crippen LogP contribution < -0.4 is 4.74 Å². The lowest BCUT2D eigenvalue weighted by Gasteiger charge is -2.05. The quantitative estimate of drug-likeness (QED) is 0.406. The van der Waals surface area contributed by atoms with Crippen molar-refractivity contribution in [1.82, 2.24) is 40.3 Å². The number of ether oxygens (including phenoxy) is 1. The van der Waals surface area contributed by atoms with Gasteiger partial charge in [0.2, 0.25) is 0 Å². The first-order chi connectivity index (χ1) is 15.3. The zero-order chi connectivity index (χ0) is 20.8. The number of benzene rings is 1. The summed E-state index contributed by atoms with van der Waals surface area (Å²) in [4.78, 5) is 17.3. The van der Waals surface area contributed by atoms with Crippen molar-refractivity contribution < 1.29 is 4.74 Å². The molecule has 9 nitrogen and oxygen atoms in total. The molecule has 31 heavy (non-hydrogen) atoms. The van der Waals surface area contributed by atoms with Gasteiger partial charge in [0.15, 0.2) is 17.2 Å². The monoisotopic (exact) mass is 408 g/mol. The summed E-state index contributed by atoms with van der Waals surface area (Å²) in [6, 6.07) is 13.7. The summed E-state index contributed by atoms with van der Waals surface area (Å²) in [6.45, 7) is 0. The standard InChI is InChI=1S/C22H16N8O/c1-31-14-4-2-3-12(9-14)15-7-8-23-21-18(15)27-22(28-21)20-19-17(29-30-20)6-5-16(26-19)13-10-24-25-11-13/h2-11H,1H3,(H,24,25)(H,29,30)(H,23,27,28). The number of rotatable bonds is 4. The number of pyridine rings is 2. The van der Waals surface area contributed by atoms with Crippen LogP contribution in [0.5, 0.6) is 5.75 Å². The van der Waals surface area contributed by atoms with Crippen molar-refractivity contribution in [3.8, 4) is 39.7 Å². The van der Waals surface area contributed by atoms with E-state index in [4.69, 9.17) is 9.72 Å². The van der Waals surface area contributed by atoms with E-state index in [1.165, 1.54) is 0 Å². The van der Waals surface area contributed by atoms with E-state index in [1.807, 2.05) is 42.5 Å². The van der Waals surface area contributed by atoms with Crippen LogP contribution in [0.1, 0.15) is 0 Å². The van der Waals surface area contributed by atoms with Crippen molar-refractivity contribution in [2.75, 3.05) is 7.11 Å². The van der Waals surface area contributed by atoms with Crippen molar-refractivity contribution in [3.63, 3.8) is 0 Å². The smallest absolute Gasteiger partial charge is 0.178 e. The van der Waals surface area contributed by atoms with Crippen molar-refractivity contribution in [2.45, 2.75) is 0 Å². The zero-order valence-corrected chi connectivity index (χ0v) is 16.4. The van der Waals surface area contributed by atoms with Gasteiger partial charge in [-0.15, -0.1) is 0 Å². The molecule has 0 amide bonds. The minimum absolute atomic E-state index is 0.598. The van der Waals surface area contributed by atoms with E-state index < -0.39 is 0 Å². The molecule has 0 atom stereocenters. The first kappa shape index (κ1) is 17.3. The molecule has 6 rings (SSSR count). The van der Waals surface area contributed by atoms with E-state index in [9.17, 15) is 0 Å². The molecule has 6 aromatic rings. The Hall–Kier alpha value is -4.53. The van der Waals surface area contributed by atoms with E-state index in [1.54, 1.807) is 25.7 Å². The normalized spacial score (nSPS) is 11.4. The number of aromatic nitrogens is 8. The maximum absolute atomic E-state index is 5.37. The van der Waals surface area contributed by atoms with Crippen LogP contribution in [0.4, 0.5) is 0 Å². The fourth-order valence-corrected chi connectivity index (χ4v) is 3.67. The molecule has 150 valence electrons. The van der Waals surface area contributed by atoms with Gasteiger partial charge in [-0.05, 0) is 35.9 Å². The molecule has 3 N–H and O–H groups in total. The number of imidazole rings is 1. The van der Waals surface area contributed by atoms with Crippen molar-refractivity contribution in [1.29, 1.82) is 0 Å². The molecule has 0 fully saturated rings. The number of aromatic amines is 3. The average molecular weight is 408 g/mol. The summed E-state index contributed by atoms with van der Waals surface area (Å²) in [6.07, 6.45) is 5.29. The Labute approximate surface area is 175 Å². The van der Waals surface area contributed by atoms with Crippen LogP contribution in [0.15, 0.2) is 61.1 Å². The first-order valence-electron chi connectivity index (χ1n) is 9.64. The minimum atomic E-state index is 0.598. The van der Waals surface area contributed by atoms with Crippen LogP contribution in [-0.4, -0.2) is 47.4 Å². The topological polar surface area (TPSA) is 121 Å². The van der Waals surface area contributed by atoms with Crippen LogP contribution in [0.2, 0.25) is 0 Å². The Morgan fingerprint density at radius 3 is 2.84 bits per heavy atom. The molecule has 0 bridgehead atoms. The summed E-state index contributed by atoms with van der Waals surface area (Å²) in [5.41, 5.74) is 7.31. The molecule has 1 aromatic carbocycles. The third-order valence-corrected chi connectivity index (χ3v) is 5.20. The van der Waals surface area contributed by atoms with Gasteiger partial charge < -0.3 is 9.72 Å². The van der Waals surface area contributed by atoms with E-state index >= 15 is 0 Å². The lowest BCUT2D eigenvalue weighted by Crippen LogP contribution is -1.86. The third kappa shape index (κ3) is 2.83.